The van der Waals surface area contributed by atoms with Crippen LogP contribution in [0, 0.1) is 12.8 Å². The van der Waals surface area contributed by atoms with Crippen LogP contribution in [0.1, 0.15) is 37.8 Å². The molecule has 21 heavy (non-hydrogen) atoms. The van der Waals surface area contributed by atoms with Crippen LogP contribution >= 0.6 is 0 Å². The average molecular weight is 289 g/mol. The molecule has 0 aliphatic rings. The van der Waals surface area contributed by atoms with Crippen LogP contribution in [-0.4, -0.2) is 23.0 Å². The van der Waals surface area contributed by atoms with Gasteiger partial charge < -0.3 is 10.4 Å². The summed E-state index contributed by atoms with van der Waals surface area (Å²) in [4.78, 5) is 22.9. The van der Waals surface area contributed by atoms with Crippen molar-refractivity contribution < 1.29 is 14.7 Å². The van der Waals surface area contributed by atoms with Crippen molar-refractivity contribution in [2.24, 2.45) is 5.92 Å². The molecule has 2 N–H and O–H groups in total. The predicted octanol–water partition coefficient (Wildman–Crippen LogP) is 3.01. The van der Waals surface area contributed by atoms with E-state index in [2.05, 4.69) is 5.32 Å². The van der Waals surface area contributed by atoms with Crippen LogP contribution in [0.4, 0.5) is 0 Å². The fourth-order valence-electron chi connectivity index (χ4n) is 1.90. The maximum absolute atomic E-state index is 11.8. The number of carboxylic acid groups (broad SMARTS) is 1. The second kappa shape index (κ2) is 8.25. The molecular weight excluding hydrogens is 266 g/mol. The van der Waals surface area contributed by atoms with Gasteiger partial charge in [-0.05, 0) is 18.4 Å². The average Bonchev–Trinajstić information content (AvgIpc) is 2.45. The molecule has 4 heteroatoms. The molecule has 0 unspecified atom stereocenters. The summed E-state index contributed by atoms with van der Waals surface area (Å²) >= 11 is 0. The predicted molar refractivity (Wildman–Crippen MR) is 83.9 cm³/mol. The fraction of sp³-hybridized carbons (Fsp3) is 0.412. The monoisotopic (exact) mass is 289 g/mol. The van der Waals surface area contributed by atoms with Crippen molar-refractivity contribution in [3.8, 4) is 0 Å². The van der Waals surface area contributed by atoms with Crippen LogP contribution in [0.25, 0.3) is 6.08 Å². The van der Waals surface area contributed by atoms with Gasteiger partial charge in [0.25, 0.3) is 0 Å². The van der Waals surface area contributed by atoms with E-state index in [1.54, 1.807) is 6.08 Å². The first kappa shape index (κ1) is 17.0. The molecule has 1 rings (SSSR count). The van der Waals surface area contributed by atoms with Crippen LogP contribution in [0.5, 0.6) is 0 Å². The highest BCUT2D eigenvalue weighted by Crippen LogP contribution is 2.09. The summed E-state index contributed by atoms with van der Waals surface area (Å²) in [5, 5.41) is 11.7. The first-order chi connectivity index (χ1) is 9.93. The number of nitrogens with one attached hydrogen (secondary N) is 1. The van der Waals surface area contributed by atoms with Crippen molar-refractivity contribution in [1.82, 2.24) is 5.32 Å². The van der Waals surface area contributed by atoms with Crippen LogP contribution in [0.3, 0.4) is 0 Å². The Morgan fingerprint density at radius 1 is 1.29 bits per heavy atom. The molecular formula is C17H23NO3. The number of hydrogen-bond acceptors (Lipinski definition) is 2. The second-order valence-corrected chi connectivity index (χ2v) is 5.29. The minimum absolute atomic E-state index is 0.0903. The van der Waals surface area contributed by atoms with E-state index in [1.807, 2.05) is 51.1 Å². The quantitative estimate of drug-likeness (QED) is 0.811. The molecule has 114 valence electrons. The summed E-state index contributed by atoms with van der Waals surface area (Å²) in [5.41, 5.74) is 2.20. The van der Waals surface area contributed by atoms with Crippen molar-refractivity contribution in [3.05, 3.63) is 41.5 Å². The number of carbonyl (C=O) groups excluding carboxylic acids is 1. The zero-order valence-electron chi connectivity index (χ0n) is 12.8. The summed E-state index contributed by atoms with van der Waals surface area (Å²) in [7, 11) is 0. The molecule has 0 fully saturated rings. The molecule has 0 saturated heterocycles. The third kappa shape index (κ3) is 5.81. The van der Waals surface area contributed by atoms with Crippen molar-refractivity contribution in [2.45, 2.75) is 39.7 Å². The van der Waals surface area contributed by atoms with Crippen molar-refractivity contribution in [1.29, 1.82) is 0 Å². The summed E-state index contributed by atoms with van der Waals surface area (Å²) in [6.07, 6.45) is 4.48. The van der Waals surface area contributed by atoms with Crippen molar-refractivity contribution >= 4 is 18.0 Å². The molecule has 0 spiro atoms. The molecule has 0 aromatic heterocycles. The van der Waals surface area contributed by atoms with Gasteiger partial charge >= 0.3 is 5.97 Å². The van der Waals surface area contributed by atoms with Gasteiger partial charge in [0.1, 0.15) is 6.04 Å². The Morgan fingerprint density at radius 3 is 2.43 bits per heavy atom. The Labute approximate surface area is 125 Å². The molecule has 1 amide bonds. The molecule has 0 saturated carbocycles. The zero-order chi connectivity index (χ0) is 15.8. The van der Waals surface area contributed by atoms with Gasteiger partial charge in [-0.1, -0.05) is 62.2 Å². The minimum atomic E-state index is -0.986. The number of carbonyl (C=O) groups is 2. The first-order valence-electron chi connectivity index (χ1n) is 7.19. The van der Waals surface area contributed by atoms with Gasteiger partial charge in [-0.3, -0.25) is 4.79 Å². The number of amides is 1. The smallest absolute Gasteiger partial charge is 0.326 e. The Kier molecular flexibility index (Phi) is 6.66. The Morgan fingerprint density at radius 2 is 1.90 bits per heavy atom. The van der Waals surface area contributed by atoms with E-state index < -0.39 is 12.0 Å². The Bertz CT molecular complexity index is 505. The Balaban J connectivity index is 2.53. The molecule has 0 aliphatic heterocycles. The molecule has 0 aliphatic carbocycles. The van der Waals surface area contributed by atoms with Gasteiger partial charge in [0, 0.05) is 6.42 Å². The lowest BCUT2D eigenvalue weighted by Crippen LogP contribution is -2.44. The fourth-order valence-corrected chi connectivity index (χ4v) is 1.90. The van der Waals surface area contributed by atoms with E-state index in [4.69, 9.17) is 5.11 Å². The van der Waals surface area contributed by atoms with Gasteiger partial charge in [-0.25, -0.2) is 4.79 Å². The lowest BCUT2D eigenvalue weighted by molar-refractivity contribution is -0.143. The number of aryl methyl sites for hydroxylation is 1. The van der Waals surface area contributed by atoms with Gasteiger partial charge in [0.15, 0.2) is 0 Å². The van der Waals surface area contributed by atoms with Crippen LogP contribution in [-0.2, 0) is 9.59 Å². The van der Waals surface area contributed by atoms with E-state index in [-0.39, 0.29) is 18.2 Å². The van der Waals surface area contributed by atoms with Gasteiger partial charge in [-0.15, -0.1) is 0 Å². The van der Waals surface area contributed by atoms with Crippen molar-refractivity contribution in [3.63, 3.8) is 0 Å². The van der Waals surface area contributed by atoms with Gasteiger partial charge in [0.2, 0.25) is 5.91 Å². The minimum Gasteiger partial charge on any atom is -0.480 e. The molecule has 1 aromatic rings. The molecule has 1 aromatic carbocycles. The van der Waals surface area contributed by atoms with E-state index in [9.17, 15) is 9.59 Å². The van der Waals surface area contributed by atoms with E-state index in [1.165, 1.54) is 5.56 Å². The summed E-state index contributed by atoms with van der Waals surface area (Å²) in [6.45, 7) is 5.74. The lowest BCUT2D eigenvalue weighted by Gasteiger charge is -2.19. The standard InChI is InChI=1S/C17H23NO3/c1-4-13(3)16(17(20)21)18-15(19)7-5-6-14-10-8-12(2)9-11-14/h5-6,8-11,13,16H,4,7H2,1-3H3,(H,18,19)(H,20,21)/b6-5+/t13-,16-/m0/s1. The third-order valence-corrected chi connectivity index (χ3v) is 3.49. The number of aliphatic carboxylic acids is 1. The zero-order valence-corrected chi connectivity index (χ0v) is 12.8. The lowest BCUT2D eigenvalue weighted by atomic mass is 9.99. The van der Waals surface area contributed by atoms with E-state index in [0.717, 1.165) is 5.56 Å². The largest absolute Gasteiger partial charge is 0.480 e. The highest BCUT2D eigenvalue weighted by Gasteiger charge is 2.24. The van der Waals surface area contributed by atoms with Crippen LogP contribution in [0.2, 0.25) is 0 Å². The third-order valence-electron chi connectivity index (χ3n) is 3.49. The highest BCUT2D eigenvalue weighted by atomic mass is 16.4. The molecule has 0 heterocycles. The summed E-state index contributed by atoms with van der Waals surface area (Å²) < 4.78 is 0. The van der Waals surface area contributed by atoms with Gasteiger partial charge in [0.05, 0.1) is 0 Å². The SMILES string of the molecule is CC[C@H](C)[C@H](NC(=O)C/C=C/c1ccc(C)cc1)C(=O)O. The molecule has 4 nitrogen and oxygen atoms in total. The maximum Gasteiger partial charge on any atom is 0.326 e. The second-order valence-electron chi connectivity index (χ2n) is 5.29. The van der Waals surface area contributed by atoms with Crippen LogP contribution < -0.4 is 5.32 Å². The van der Waals surface area contributed by atoms with Gasteiger partial charge in [-0.2, -0.15) is 0 Å². The maximum atomic E-state index is 11.8. The van der Waals surface area contributed by atoms with Crippen LogP contribution in [0.15, 0.2) is 30.3 Å². The molecule has 0 radical (unpaired) electrons. The topological polar surface area (TPSA) is 66.4 Å². The molecule has 2 atom stereocenters. The number of carboxylic acids is 1. The number of rotatable bonds is 7. The Hall–Kier alpha value is -2.10. The number of hydrogen-bond donors (Lipinski definition) is 2. The first-order valence-corrected chi connectivity index (χ1v) is 7.19. The summed E-state index contributed by atoms with van der Waals surface area (Å²) in [6, 6.07) is 7.13. The normalized spacial score (nSPS) is 13.9. The van der Waals surface area contributed by atoms with E-state index >= 15 is 0 Å². The summed E-state index contributed by atoms with van der Waals surface area (Å²) in [5.74, 6) is -1.35. The highest BCUT2D eigenvalue weighted by molar-refractivity contribution is 5.84. The van der Waals surface area contributed by atoms with Crippen molar-refractivity contribution in [2.75, 3.05) is 0 Å². The number of benzene rings is 1. The van der Waals surface area contributed by atoms with E-state index in [0.29, 0.717) is 6.42 Å². The molecule has 0 bridgehead atoms.